The molecule has 1 aliphatic carbocycles. The van der Waals surface area contributed by atoms with E-state index in [-0.39, 0.29) is 5.54 Å². The Kier molecular flexibility index (Phi) is 5.25. The number of nitrogens with zero attached hydrogens (tertiary/aromatic N) is 1. The maximum Gasteiger partial charge on any atom is 0.113 e. The monoisotopic (exact) mass is 294 g/mol. The summed E-state index contributed by atoms with van der Waals surface area (Å²) in [5, 5.41) is 7.45. The van der Waals surface area contributed by atoms with Gasteiger partial charge in [-0.15, -0.1) is 11.3 Å². The molecule has 0 bridgehead atoms. The molecule has 1 saturated carbocycles. The van der Waals surface area contributed by atoms with E-state index in [2.05, 4.69) is 45.3 Å². The minimum Gasteiger partial charge on any atom is -0.305 e. The molecule has 2 nitrogen and oxygen atoms in total. The average molecular weight is 295 g/mol. The number of thiazole rings is 1. The molecule has 2 rings (SSSR count). The Balaban J connectivity index is 2.40. The standard InChI is InChI=1S/C17H30N2S/c1-6-18-17(10-8-7-9-14(17)12(2)3)16-19-15(11-20-16)13(4)5/h11-14,18H,6-10H2,1-5H3. The normalized spacial score (nSPS) is 27.4. The van der Waals surface area contributed by atoms with Crippen LogP contribution in [-0.4, -0.2) is 11.5 Å². The smallest absolute Gasteiger partial charge is 0.113 e. The summed E-state index contributed by atoms with van der Waals surface area (Å²) in [6.07, 6.45) is 5.28. The van der Waals surface area contributed by atoms with Crippen LogP contribution in [0.1, 0.15) is 76.9 Å². The molecule has 0 radical (unpaired) electrons. The zero-order valence-electron chi connectivity index (χ0n) is 13.7. The van der Waals surface area contributed by atoms with Crippen LogP contribution in [0, 0.1) is 11.8 Å². The molecule has 3 heteroatoms. The first-order chi connectivity index (χ1) is 9.51. The Hall–Kier alpha value is -0.410. The van der Waals surface area contributed by atoms with Crippen molar-refractivity contribution in [2.75, 3.05) is 6.54 Å². The Morgan fingerprint density at radius 3 is 2.65 bits per heavy atom. The fraction of sp³-hybridized carbons (Fsp3) is 0.824. The summed E-state index contributed by atoms with van der Waals surface area (Å²) in [5.74, 6) is 1.95. The molecule has 0 spiro atoms. The predicted octanol–water partition coefficient (Wildman–Crippen LogP) is 4.92. The van der Waals surface area contributed by atoms with Crippen molar-refractivity contribution in [1.82, 2.24) is 10.3 Å². The van der Waals surface area contributed by atoms with Crippen molar-refractivity contribution in [2.45, 2.75) is 71.8 Å². The third-order valence-corrected chi connectivity index (χ3v) is 5.80. The summed E-state index contributed by atoms with van der Waals surface area (Å²) < 4.78 is 0. The largest absolute Gasteiger partial charge is 0.305 e. The molecule has 1 aliphatic rings. The Bertz CT molecular complexity index is 420. The van der Waals surface area contributed by atoms with Gasteiger partial charge >= 0.3 is 0 Å². The molecule has 0 aliphatic heterocycles. The van der Waals surface area contributed by atoms with Crippen LogP contribution in [0.2, 0.25) is 0 Å². The van der Waals surface area contributed by atoms with Crippen molar-refractivity contribution in [3.63, 3.8) is 0 Å². The molecule has 1 aromatic rings. The van der Waals surface area contributed by atoms with E-state index in [0.29, 0.717) is 17.8 Å². The van der Waals surface area contributed by atoms with Gasteiger partial charge in [-0.3, -0.25) is 0 Å². The Morgan fingerprint density at radius 1 is 1.35 bits per heavy atom. The van der Waals surface area contributed by atoms with Gasteiger partial charge in [0.05, 0.1) is 11.2 Å². The number of nitrogens with one attached hydrogen (secondary N) is 1. The quantitative estimate of drug-likeness (QED) is 0.834. The van der Waals surface area contributed by atoms with Crippen LogP contribution >= 0.6 is 11.3 Å². The molecular formula is C17H30N2S. The molecule has 0 saturated heterocycles. The first-order valence-electron chi connectivity index (χ1n) is 8.22. The summed E-state index contributed by atoms with van der Waals surface area (Å²) in [4.78, 5) is 5.01. The lowest BCUT2D eigenvalue weighted by Crippen LogP contribution is -2.52. The van der Waals surface area contributed by atoms with Gasteiger partial charge in [-0.2, -0.15) is 0 Å². The van der Waals surface area contributed by atoms with Gasteiger partial charge < -0.3 is 5.32 Å². The van der Waals surface area contributed by atoms with Crippen molar-refractivity contribution in [3.8, 4) is 0 Å². The molecule has 1 N–H and O–H groups in total. The molecule has 1 fully saturated rings. The van der Waals surface area contributed by atoms with E-state index in [9.17, 15) is 0 Å². The van der Waals surface area contributed by atoms with Crippen molar-refractivity contribution in [2.24, 2.45) is 11.8 Å². The third-order valence-electron chi connectivity index (χ3n) is 4.76. The van der Waals surface area contributed by atoms with Gasteiger partial charge in [-0.25, -0.2) is 4.98 Å². The van der Waals surface area contributed by atoms with E-state index >= 15 is 0 Å². The Labute approximate surface area is 128 Å². The fourth-order valence-electron chi connectivity index (χ4n) is 3.73. The van der Waals surface area contributed by atoms with Crippen LogP contribution in [0.25, 0.3) is 0 Å². The van der Waals surface area contributed by atoms with Crippen LogP contribution in [-0.2, 0) is 5.54 Å². The molecule has 20 heavy (non-hydrogen) atoms. The summed E-state index contributed by atoms with van der Waals surface area (Å²) in [6.45, 7) is 12.5. The molecule has 114 valence electrons. The molecule has 2 atom stereocenters. The van der Waals surface area contributed by atoms with E-state index in [0.717, 1.165) is 6.54 Å². The topological polar surface area (TPSA) is 24.9 Å². The van der Waals surface area contributed by atoms with E-state index < -0.39 is 0 Å². The first kappa shape index (κ1) is 16.0. The van der Waals surface area contributed by atoms with Gasteiger partial charge in [0.1, 0.15) is 5.01 Å². The predicted molar refractivity (Wildman–Crippen MR) is 88.4 cm³/mol. The van der Waals surface area contributed by atoms with E-state index in [1.807, 2.05) is 11.3 Å². The molecule has 1 heterocycles. The zero-order valence-corrected chi connectivity index (χ0v) is 14.5. The number of aromatic nitrogens is 1. The van der Waals surface area contributed by atoms with Crippen molar-refractivity contribution in [3.05, 3.63) is 16.1 Å². The molecule has 2 unspecified atom stereocenters. The van der Waals surface area contributed by atoms with Gasteiger partial charge in [0.15, 0.2) is 0 Å². The minimum atomic E-state index is 0.124. The maximum absolute atomic E-state index is 5.01. The highest BCUT2D eigenvalue weighted by Crippen LogP contribution is 2.46. The van der Waals surface area contributed by atoms with Crippen LogP contribution in [0.4, 0.5) is 0 Å². The third kappa shape index (κ3) is 2.94. The highest BCUT2D eigenvalue weighted by atomic mass is 32.1. The van der Waals surface area contributed by atoms with E-state index in [1.165, 1.54) is 36.4 Å². The number of hydrogen-bond acceptors (Lipinski definition) is 3. The summed E-state index contributed by atoms with van der Waals surface area (Å²) in [7, 11) is 0. The van der Waals surface area contributed by atoms with Gasteiger partial charge in [0, 0.05) is 5.38 Å². The molecule has 0 aromatic carbocycles. The number of rotatable bonds is 5. The van der Waals surface area contributed by atoms with E-state index in [4.69, 9.17) is 4.98 Å². The van der Waals surface area contributed by atoms with Crippen LogP contribution in [0.15, 0.2) is 5.38 Å². The van der Waals surface area contributed by atoms with Crippen molar-refractivity contribution in [1.29, 1.82) is 0 Å². The lowest BCUT2D eigenvalue weighted by atomic mass is 9.68. The van der Waals surface area contributed by atoms with Crippen LogP contribution in [0.3, 0.4) is 0 Å². The number of hydrogen-bond donors (Lipinski definition) is 1. The zero-order chi connectivity index (χ0) is 14.8. The highest BCUT2D eigenvalue weighted by Gasteiger charge is 2.45. The second-order valence-electron chi connectivity index (χ2n) is 6.83. The maximum atomic E-state index is 5.01. The Morgan fingerprint density at radius 2 is 2.10 bits per heavy atom. The average Bonchev–Trinajstić information content (AvgIpc) is 2.89. The molecular weight excluding hydrogens is 264 g/mol. The molecule has 0 amide bonds. The van der Waals surface area contributed by atoms with Gasteiger partial charge in [-0.05, 0) is 37.1 Å². The summed E-state index contributed by atoms with van der Waals surface area (Å²) >= 11 is 1.87. The van der Waals surface area contributed by atoms with Crippen molar-refractivity contribution >= 4 is 11.3 Å². The second-order valence-corrected chi connectivity index (χ2v) is 7.69. The van der Waals surface area contributed by atoms with Gasteiger partial charge in [-0.1, -0.05) is 47.5 Å². The van der Waals surface area contributed by atoms with Gasteiger partial charge in [0.2, 0.25) is 0 Å². The van der Waals surface area contributed by atoms with E-state index in [1.54, 1.807) is 0 Å². The summed E-state index contributed by atoms with van der Waals surface area (Å²) in [6, 6.07) is 0. The SMILES string of the molecule is CCNC1(c2nc(C(C)C)cs2)CCCCC1C(C)C. The lowest BCUT2D eigenvalue weighted by molar-refractivity contribution is 0.102. The molecule has 1 aromatic heterocycles. The van der Waals surface area contributed by atoms with Gasteiger partial charge in [0.25, 0.3) is 0 Å². The highest BCUT2D eigenvalue weighted by molar-refractivity contribution is 7.09. The minimum absolute atomic E-state index is 0.124. The van der Waals surface area contributed by atoms with Crippen molar-refractivity contribution < 1.29 is 0 Å². The second kappa shape index (κ2) is 6.57. The fourth-order valence-corrected chi connectivity index (χ4v) is 4.99. The first-order valence-corrected chi connectivity index (χ1v) is 9.10. The lowest BCUT2D eigenvalue weighted by Gasteiger charge is -2.45. The van der Waals surface area contributed by atoms with Crippen LogP contribution in [0.5, 0.6) is 0 Å². The summed E-state index contributed by atoms with van der Waals surface area (Å²) in [5.41, 5.74) is 1.38. The van der Waals surface area contributed by atoms with Crippen LogP contribution < -0.4 is 5.32 Å².